The number of hydrogen-bond donors (Lipinski definition) is 0. The van der Waals surface area contributed by atoms with Crippen molar-refractivity contribution in [3.8, 4) is 0 Å². The maximum atomic E-state index is 12.2. The van der Waals surface area contributed by atoms with Crippen molar-refractivity contribution in [2.75, 3.05) is 4.90 Å². The van der Waals surface area contributed by atoms with Crippen molar-refractivity contribution in [3.63, 3.8) is 0 Å². The second kappa shape index (κ2) is 4.28. The molecule has 0 radical (unpaired) electrons. The number of rotatable bonds is 1. The molecular weight excluding hydrogens is 298 g/mol. The van der Waals surface area contributed by atoms with Gasteiger partial charge in [-0.3, -0.25) is 9.59 Å². The second-order valence-corrected chi connectivity index (χ2v) is 5.18. The van der Waals surface area contributed by atoms with E-state index in [1.807, 2.05) is 12.2 Å². The Balaban J connectivity index is 1.96. The molecule has 0 unspecified atom stereocenters. The van der Waals surface area contributed by atoms with Gasteiger partial charge in [0.15, 0.2) is 5.82 Å². The van der Waals surface area contributed by atoms with Crippen molar-refractivity contribution in [2.24, 2.45) is 11.8 Å². The van der Waals surface area contributed by atoms with Crippen molar-refractivity contribution in [2.45, 2.75) is 12.8 Å². The Kier molecular flexibility index (Phi) is 2.74. The lowest BCUT2D eigenvalue weighted by Crippen LogP contribution is -2.31. The van der Waals surface area contributed by atoms with Crippen LogP contribution in [0.2, 0.25) is 0 Å². The Hall–Kier alpha value is -1.56. The van der Waals surface area contributed by atoms with Crippen molar-refractivity contribution in [1.29, 1.82) is 0 Å². The second-order valence-electron chi connectivity index (χ2n) is 4.37. The van der Waals surface area contributed by atoms with Gasteiger partial charge in [0.2, 0.25) is 11.8 Å². The molecule has 2 atom stereocenters. The molecule has 0 aromatic carbocycles. The molecule has 18 heavy (non-hydrogen) atoms. The average molecular weight is 308 g/mol. The van der Waals surface area contributed by atoms with E-state index in [0.29, 0.717) is 23.3 Å². The highest BCUT2D eigenvalue weighted by Gasteiger charge is 2.48. The number of nitrogens with zero attached hydrogens (tertiary/aromatic N) is 3. The smallest absolute Gasteiger partial charge is 0.239 e. The molecule has 2 heterocycles. The number of hydrogen-bond acceptors (Lipinski definition) is 4. The zero-order chi connectivity index (χ0) is 12.7. The molecule has 3 rings (SSSR count). The van der Waals surface area contributed by atoms with E-state index in [1.165, 1.54) is 17.3 Å². The first-order chi connectivity index (χ1) is 8.68. The van der Waals surface area contributed by atoms with Gasteiger partial charge in [-0.25, -0.2) is 14.9 Å². The molecule has 1 aliphatic heterocycles. The van der Waals surface area contributed by atoms with Crippen LogP contribution in [0.1, 0.15) is 12.8 Å². The van der Waals surface area contributed by atoms with Gasteiger partial charge in [0.1, 0.15) is 4.60 Å². The van der Waals surface area contributed by atoms with Crippen molar-refractivity contribution in [3.05, 3.63) is 29.1 Å². The number of fused-ring (bicyclic) bond motifs is 1. The predicted octanol–water partition coefficient (Wildman–Crippen LogP) is 1.69. The average Bonchev–Trinajstić information content (AvgIpc) is 2.64. The highest BCUT2D eigenvalue weighted by atomic mass is 79.9. The quantitative estimate of drug-likeness (QED) is 0.585. The summed E-state index contributed by atoms with van der Waals surface area (Å²) in [6, 6.07) is 0. The lowest BCUT2D eigenvalue weighted by atomic mass is 9.85. The van der Waals surface area contributed by atoms with Gasteiger partial charge >= 0.3 is 0 Å². The van der Waals surface area contributed by atoms with E-state index in [9.17, 15) is 9.59 Å². The molecule has 1 aromatic rings. The summed E-state index contributed by atoms with van der Waals surface area (Å²) in [6.45, 7) is 0. The van der Waals surface area contributed by atoms with Crippen LogP contribution in [-0.4, -0.2) is 21.8 Å². The minimum atomic E-state index is -0.229. The largest absolute Gasteiger partial charge is 0.274 e. The van der Waals surface area contributed by atoms with Gasteiger partial charge in [0.05, 0.1) is 24.2 Å². The first-order valence-electron chi connectivity index (χ1n) is 5.69. The number of imide groups is 1. The summed E-state index contributed by atoms with van der Waals surface area (Å²) in [4.78, 5) is 33.7. The molecule has 1 saturated heterocycles. The first-order valence-corrected chi connectivity index (χ1v) is 6.48. The Morgan fingerprint density at radius 3 is 2.17 bits per heavy atom. The summed E-state index contributed by atoms with van der Waals surface area (Å²) in [5, 5.41) is 0. The molecule has 0 saturated carbocycles. The Morgan fingerprint density at radius 2 is 1.67 bits per heavy atom. The normalized spacial score (nSPS) is 26.6. The third-order valence-corrected chi connectivity index (χ3v) is 3.75. The van der Waals surface area contributed by atoms with E-state index < -0.39 is 0 Å². The van der Waals surface area contributed by atoms with Crippen LogP contribution in [0.15, 0.2) is 29.1 Å². The predicted molar refractivity (Wildman–Crippen MR) is 67.6 cm³/mol. The molecule has 1 aromatic heterocycles. The minimum Gasteiger partial charge on any atom is -0.274 e. The van der Waals surface area contributed by atoms with Gasteiger partial charge in [-0.05, 0) is 28.8 Å². The Bertz CT molecular complexity index is 515. The van der Waals surface area contributed by atoms with Gasteiger partial charge in [0, 0.05) is 0 Å². The molecule has 0 bridgehead atoms. The third-order valence-electron chi connectivity index (χ3n) is 3.34. The monoisotopic (exact) mass is 307 g/mol. The molecule has 1 fully saturated rings. The van der Waals surface area contributed by atoms with E-state index in [1.54, 1.807) is 0 Å². The van der Waals surface area contributed by atoms with Crippen molar-refractivity contribution >= 4 is 33.6 Å². The summed E-state index contributed by atoms with van der Waals surface area (Å²) in [5.74, 6) is -0.472. The fraction of sp³-hybridized carbons (Fsp3) is 0.333. The Labute approximate surface area is 112 Å². The van der Waals surface area contributed by atoms with Gasteiger partial charge in [0.25, 0.3) is 0 Å². The van der Waals surface area contributed by atoms with E-state index >= 15 is 0 Å². The summed E-state index contributed by atoms with van der Waals surface area (Å²) in [7, 11) is 0. The number of carbonyl (C=O) groups is 2. The number of anilines is 1. The lowest BCUT2D eigenvalue weighted by molar-refractivity contribution is -0.122. The van der Waals surface area contributed by atoms with Crippen molar-refractivity contribution < 1.29 is 9.59 Å². The highest BCUT2D eigenvalue weighted by molar-refractivity contribution is 9.10. The number of amides is 2. The molecule has 92 valence electrons. The SMILES string of the molecule is O=C1[C@H]2CC=CC[C@H]2C(=O)N1c1cnc(Br)cn1. The van der Waals surface area contributed by atoms with Crippen LogP contribution >= 0.6 is 15.9 Å². The standard InChI is InChI=1S/C12H10BrN3O2/c13-9-5-15-10(6-14-9)16-11(17)7-3-1-2-4-8(7)12(16)18/h1-2,5-8H,3-4H2/t7-,8+. The summed E-state index contributed by atoms with van der Waals surface area (Å²) < 4.78 is 0.574. The fourth-order valence-corrected chi connectivity index (χ4v) is 2.65. The lowest BCUT2D eigenvalue weighted by Gasteiger charge is -2.14. The van der Waals surface area contributed by atoms with Crippen molar-refractivity contribution in [1.82, 2.24) is 9.97 Å². The van der Waals surface area contributed by atoms with Gasteiger partial charge < -0.3 is 0 Å². The summed E-state index contributed by atoms with van der Waals surface area (Å²) in [6.07, 6.45) is 8.11. The molecule has 5 nitrogen and oxygen atoms in total. The third kappa shape index (κ3) is 1.68. The summed E-state index contributed by atoms with van der Waals surface area (Å²) in [5.41, 5.74) is 0. The van der Waals surface area contributed by atoms with E-state index in [4.69, 9.17) is 0 Å². The molecule has 0 N–H and O–H groups in total. The van der Waals surface area contributed by atoms with Gasteiger partial charge in [-0.1, -0.05) is 12.2 Å². The van der Waals surface area contributed by atoms with Crippen LogP contribution < -0.4 is 4.90 Å². The zero-order valence-electron chi connectivity index (χ0n) is 9.41. The molecule has 6 heteroatoms. The topological polar surface area (TPSA) is 63.2 Å². The van der Waals surface area contributed by atoms with E-state index in [0.717, 1.165) is 0 Å². The maximum absolute atomic E-state index is 12.2. The highest BCUT2D eigenvalue weighted by Crippen LogP contribution is 2.36. The van der Waals surface area contributed by atoms with Crippen LogP contribution in [0.4, 0.5) is 5.82 Å². The number of allylic oxidation sites excluding steroid dienone is 2. The molecule has 2 aliphatic rings. The van der Waals surface area contributed by atoms with Crippen LogP contribution in [0.5, 0.6) is 0 Å². The Morgan fingerprint density at radius 1 is 1.06 bits per heavy atom. The summed E-state index contributed by atoms with van der Waals surface area (Å²) >= 11 is 3.17. The van der Waals surface area contributed by atoms with E-state index in [-0.39, 0.29) is 23.7 Å². The number of carbonyl (C=O) groups excluding carboxylic acids is 2. The van der Waals surface area contributed by atoms with Gasteiger partial charge in [-0.15, -0.1) is 0 Å². The van der Waals surface area contributed by atoms with Crippen LogP contribution in [0.3, 0.4) is 0 Å². The van der Waals surface area contributed by atoms with Crippen LogP contribution in [0, 0.1) is 11.8 Å². The molecule has 2 amide bonds. The first kappa shape index (κ1) is 11.5. The number of aromatic nitrogens is 2. The number of halogens is 1. The maximum Gasteiger partial charge on any atom is 0.239 e. The molecule has 0 spiro atoms. The zero-order valence-corrected chi connectivity index (χ0v) is 11.0. The van der Waals surface area contributed by atoms with Crippen LogP contribution in [-0.2, 0) is 9.59 Å². The molecular formula is C12H10BrN3O2. The molecule has 1 aliphatic carbocycles. The van der Waals surface area contributed by atoms with Gasteiger partial charge in [-0.2, -0.15) is 0 Å². The van der Waals surface area contributed by atoms with Crippen LogP contribution in [0.25, 0.3) is 0 Å². The van der Waals surface area contributed by atoms with E-state index in [2.05, 4.69) is 25.9 Å². The minimum absolute atomic E-state index is 0.161. The fourth-order valence-electron chi connectivity index (χ4n) is 2.45.